The van der Waals surface area contributed by atoms with Crippen LogP contribution in [0.25, 0.3) is 10.9 Å². The lowest BCUT2D eigenvalue weighted by atomic mass is 9.91. The lowest BCUT2D eigenvalue weighted by Crippen LogP contribution is -2.56. The Morgan fingerprint density at radius 2 is 1.96 bits per heavy atom. The van der Waals surface area contributed by atoms with Crippen LogP contribution < -0.4 is 5.32 Å². The number of aromatic nitrogens is 1. The number of benzene rings is 2. The molecule has 0 saturated carbocycles. The fourth-order valence-corrected chi connectivity index (χ4v) is 4.05. The Morgan fingerprint density at radius 3 is 2.79 bits per heavy atom. The normalized spacial score (nSPS) is 20.4. The first-order chi connectivity index (χ1) is 13.5. The molecule has 1 atom stereocenters. The standard InChI is InChI=1S/C23H27N3O2/c1-25-13-10-20-9-8-19(14-21(20)25)15-24-22(27)23(28)11-5-12-26(17-23)16-18-6-3-2-4-7-18/h2-4,6-10,13-14,28H,5,11-12,15-17H2,1H3,(H,24,27). The van der Waals surface area contributed by atoms with Crippen molar-refractivity contribution in [2.45, 2.75) is 31.5 Å². The predicted octanol–water partition coefficient (Wildman–Crippen LogP) is 2.82. The van der Waals surface area contributed by atoms with E-state index in [0.717, 1.165) is 30.6 Å². The van der Waals surface area contributed by atoms with Crippen LogP contribution in [0.5, 0.6) is 0 Å². The molecule has 2 N–H and O–H groups in total. The number of piperidine rings is 1. The molecular weight excluding hydrogens is 350 g/mol. The van der Waals surface area contributed by atoms with Gasteiger partial charge >= 0.3 is 0 Å². The second-order valence-corrected chi connectivity index (χ2v) is 7.83. The minimum Gasteiger partial charge on any atom is -0.379 e. The Morgan fingerprint density at radius 1 is 1.14 bits per heavy atom. The molecular formula is C23H27N3O2. The van der Waals surface area contributed by atoms with E-state index in [2.05, 4.69) is 45.1 Å². The SMILES string of the molecule is Cn1ccc2ccc(CNC(=O)C3(O)CCCN(Cc4ccccc4)C3)cc21. The van der Waals surface area contributed by atoms with Gasteiger partial charge in [0, 0.05) is 38.4 Å². The molecule has 1 aliphatic rings. The molecule has 28 heavy (non-hydrogen) atoms. The number of nitrogens with one attached hydrogen (secondary N) is 1. The summed E-state index contributed by atoms with van der Waals surface area (Å²) >= 11 is 0. The van der Waals surface area contributed by atoms with Crippen LogP contribution in [0.15, 0.2) is 60.8 Å². The van der Waals surface area contributed by atoms with Gasteiger partial charge in [-0.2, -0.15) is 0 Å². The van der Waals surface area contributed by atoms with Crippen molar-refractivity contribution in [3.05, 3.63) is 71.9 Å². The van der Waals surface area contributed by atoms with Gasteiger partial charge in [0.1, 0.15) is 0 Å². The molecule has 5 nitrogen and oxygen atoms in total. The van der Waals surface area contributed by atoms with Crippen molar-refractivity contribution in [1.29, 1.82) is 0 Å². The maximum Gasteiger partial charge on any atom is 0.253 e. The van der Waals surface area contributed by atoms with E-state index >= 15 is 0 Å². The highest BCUT2D eigenvalue weighted by atomic mass is 16.3. The third-order valence-corrected chi connectivity index (χ3v) is 5.63. The molecule has 1 aromatic heterocycles. The van der Waals surface area contributed by atoms with E-state index in [1.54, 1.807) is 0 Å². The zero-order valence-electron chi connectivity index (χ0n) is 16.3. The zero-order valence-corrected chi connectivity index (χ0v) is 16.3. The molecule has 1 unspecified atom stereocenters. The average Bonchev–Trinajstić information content (AvgIpc) is 3.07. The number of hydrogen-bond donors (Lipinski definition) is 2. The molecule has 1 aliphatic heterocycles. The van der Waals surface area contributed by atoms with Crippen molar-refractivity contribution in [3.8, 4) is 0 Å². The fourth-order valence-electron chi connectivity index (χ4n) is 4.05. The van der Waals surface area contributed by atoms with Gasteiger partial charge in [-0.1, -0.05) is 42.5 Å². The molecule has 0 radical (unpaired) electrons. The molecule has 2 aromatic carbocycles. The summed E-state index contributed by atoms with van der Waals surface area (Å²) in [6.07, 6.45) is 3.34. The molecule has 1 saturated heterocycles. The number of amides is 1. The molecule has 1 amide bonds. The topological polar surface area (TPSA) is 57.5 Å². The van der Waals surface area contributed by atoms with Crippen molar-refractivity contribution in [2.75, 3.05) is 13.1 Å². The number of β-amino-alcohol motifs (C(OH)–C–C–N with tert-alkyl or cyclic N) is 1. The second kappa shape index (κ2) is 7.78. The summed E-state index contributed by atoms with van der Waals surface area (Å²) in [6, 6.07) is 18.4. The van der Waals surface area contributed by atoms with E-state index in [1.165, 1.54) is 10.9 Å². The first-order valence-corrected chi connectivity index (χ1v) is 9.84. The van der Waals surface area contributed by atoms with E-state index in [9.17, 15) is 9.90 Å². The van der Waals surface area contributed by atoms with E-state index < -0.39 is 5.60 Å². The van der Waals surface area contributed by atoms with Gasteiger partial charge in [-0.15, -0.1) is 0 Å². The van der Waals surface area contributed by atoms with Crippen molar-refractivity contribution >= 4 is 16.8 Å². The molecule has 1 fully saturated rings. The van der Waals surface area contributed by atoms with Crippen LogP contribution >= 0.6 is 0 Å². The number of carbonyl (C=O) groups is 1. The van der Waals surface area contributed by atoms with Crippen LogP contribution in [-0.2, 0) is 24.9 Å². The van der Waals surface area contributed by atoms with E-state index in [-0.39, 0.29) is 5.91 Å². The van der Waals surface area contributed by atoms with Crippen molar-refractivity contribution in [3.63, 3.8) is 0 Å². The molecule has 0 aliphatic carbocycles. The Labute approximate surface area is 165 Å². The maximum atomic E-state index is 12.8. The number of carbonyl (C=O) groups excluding carboxylic acids is 1. The fraction of sp³-hybridized carbons (Fsp3) is 0.348. The third-order valence-electron chi connectivity index (χ3n) is 5.63. The molecule has 0 spiro atoms. The lowest BCUT2D eigenvalue weighted by Gasteiger charge is -2.38. The minimum atomic E-state index is -1.33. The Bertz CT molecular complexity index is 966. The maximum absolute atomic E-state index is 12.8. The van der Waals surface area contributed by atoms with Gasteiger partial charge < -0.3 is 15.0 Å². The monoisotopic (exact) mass is 377 g/mol. The summed E-state index contributed by atoms with van der Waals surface area (Å²) in [7, 11) is 2.01. The largest absolute Gasteiger partial charge is 0.379 e. The highest BCUT2D eigenvalue weighted by molar-refractivity contribution is 5.85. The van der Waals surface area contributed by atoms with Crippen LogP contribution in [-0.4, -0.2) is 39.2 Å². The van der Waals surface area contributed by atoms with Gasteiger partial charge in [0.15, 0.2) is 5.60 Å². The van der Waals surface area contributed by atoms with Gasteiger partial charge in [0.25, 0.3) is 5.91 Å². The van der Waals surface area contributed by atoms with Crippen LogP contribution in [0.2, 0.25) is 0 Å². The van der Waals surface area contributed by atoms with Crippen LogP contribution in [0, 0.1) is 0 Å². The molecule has 4 rings (SSSR count). The number of aryl methyl sites for hydroxylation is 1. The first-order valence-electron chi connectivity index (χ1n) is 9.84. The zero-order chi connectivity index (χ0) is 19.6. The van der Waals surface area contributed by atoms with Gasteiger partial charge in [0.05, 0.1) is 0 Å². The summed E-state index contributed by atoms with van der Waals surface area (Å²) in [5, 5.41) is 15.1. The van der Waals surface area contributed by atoms with Crippen molar-refractivity contribution in [2.24, 2.45) is 7.05 Å². The summed E-state index contributed by atoms with van der Waals surface area (Å²) in [6.45, 7) is 2.43. The molecule has 146 valence electrons. The smallest absolute Gasteiger partial charge is 0.253 e. The Hall–Kier alpha value is -2.63. The highest BCUT2D eigenvalue weighted by Gasteiger charge is 2.40. The predicted molar refractivity (Wildman–Crippen MR) is 111 cm³/mol. The number of aliphatic hydroxyl groups is 1. The average molecular weight is 377 g/mol. The van der Waals surface area contributed by atoms with Gasteiger partial charge in [-0.25, -0.2) is 0 Å². The van der Waals surface area contributed by atoms with Crippen molar-refractivity contribution < 1.29 is 9.90 Å². The summed E-state index contributed by atoms with van der Waals surface area (Å²) < 4.78 is 2.07. The number of rotatable bonds is 5. The summed E-state index contributed by atoms with van der Waals surface area (Å²) in [4.78, 5) is 14.9. The lowest BCUT2D eigenvalue weighted by molar-refractivity contribution is -0.146. The third kappa shape index (κ3) is 3.96. The quantitative estimate of drug-likeness (QED) is 0.719. The van der Waals surface area contributed by atoms with Crippen LogP contribution in [0.4, 0.5) is 0 Å². The van der Waals surface area contributed by atoms with E-state index in [1.807, 2.05) is 37.5 Å². The van der Waals surface area contributed by atoms with Gasteiger partial charge in [-0.3, -0.25) is 9.69 Å². The molecule has 3 aromatic rings. The number of nitrogens with zero attached hydrogens (tertiary/aromatic N) is 2. The van der Waals surface area contributed by atoms with Gasteiger partial charge in [-0.05, 0) is 48.0 Å². The number of fused-ring (bicyclic) bond motifs is 1. The second-order valence-electron chi connectivity index (χ2n) is 7.83. The Kier molecular flexibility index (Phi) is 5.20. The molecule has 0 bridgehead atoms. The van der Waals surface area contributed by atoms with Crippen LogP contribution in [0.3, 0.4) is 0 Å². The van der Waals surface area contributed by atoms with Gasteiger partial charge in [0.2, 0.25) is 0 Å². The van der Waals surface area contributed by atoms with Crippen molar-refractivity contribution in [1.82, 2.24) is 14.8 Å². The number of hydrogen-bond acceptors (Lipinski definition) is 3. The van der Waals surface area contributed by atoms with E-state index in [0.29, 0.717) is 19.5 Å². The van der Waals surface area contributed by atoms with Crippen LogP contribution in [0.1, 0.15) is 24.0 Å². The first kappa shape index (κ1) is 18.7. The number of likely N-dealkylation sites (tertiary alicyclic amines) is 1. The molecule has 2 heterocycles. The van der Waals surface area contributed by atoms with E-state index in [4.69, 9.17) is 0 Å². The summed E-state index contributed by atoms with van der Waals surface area (Å²) in [5.41, 5.74) is 2.03. The Balaban J connectivity index is 1.39. The molecule has 5 heteroatoms. The summed E-state index contributed by atoms with van der Waals surface area (Å²) in [5.74, 6) is -0.280. The highest BCUT2D eigenvalue weighted by Crippen LogP contribution is 2.23. The minimum absolute atomic E-state index is 0.280.